The molecule has 2 aliphatic heterocycles. The van der Waals surface area contributed by atoms with E-state index in [4.69, 9.17) is 4.74 Å². The Kier molecular flexibility index (Phi) is 6.99. The third-order valence-corrected chi connectivity index (χ3v) is 8.19. The number of benzene rings is 3. The number of morpholine rings is 1. The summed E-state index contributed by atoms with van der Waals surface area (Å²) >= 11 is 0. The highest BCUT2D eigenvalue weighted by molar-refractivity contribution is 7.89. The molecule has 200 valence electrons. The van der Waals surface area contributed by atoms with Gasteiger partial charge in [0.25, 0.3) is 11.8 Å². The quantitative estimate of drug-likeness (QED) is 0.457. The van der Waals surface area contributed by atoms with Crippen LogP contribution in [0.1, 0.15) is 31.8 Å². The summed E-state index contributed by atoms with van der Waals surface area (Å²) < 4.78 is 72.5. The third-order valence-electron chi connectivity index (χ3n) is 6.73. The number of hydrogen-bond donors (Lipinski definition) is 1. The summed E-state index contributed by atoms with van der Waals surface area (Å²) in [6.07, 6.45) is -4.49. The maximum absolute atomic E-state index is 13.3. The minimum absolute atomic E-state index is 0.132. The summed E-state index contributed by atoms with van der Waals surface area (Å²) in [6, 6.07) is 11.5. The van der Waals surface area contributed by atoms with Crippen molar-refractivity contribution in [2.75, 3.05) is 39.4 Å². The van der Waals surface area contributed by atoms with Crippen molar-refractivity contribution in [3.63, 3.8) is 0 Å². The zero-order chi connectivity index (χ0) is 27.1. The maximum Gasteiger partial charge on any atom is 0.416 e. The first-order valence-electron chi connectivity index (χ1n) is 11.9. The van der Waals surface area contributed by atoms with Crippen LogP contribution in [0.5, 0.6) is 0 Å². The van der Waals surface area contributed by atoms with Gasteiger partial charge in [0.2, 0.25) is 10.0 Å². The van der Waals surface area contributed by atoms with Gasteiger partial charge in [0.1, 0.15) is 0 Å². The molecule has 2 amide bonds. The van der Waals surface area contributed by atoms with Crippen molar-refractivity contribution in [2.24, 2.45) is 0 Å². The molecular weight excluding hydrogens is 523 g/mol. The second-order valence-electron chi connectivity index (χ2n) is 9.07. The van der Waals surface area contributed by atoms with E-state index in [1.807, 2.05) is 0 Å². The van der Waals surface area contributed by atoms with E-state index in [2.05, 4.69) is 9.62 Å². The number of rotatable bonds is 7. The third kappa shape index (κ3) is 5.04. The van der Waals surface area contributed by atoms with Crippen LogP contribution in [0.15, 0.2) is 59.5 Å². The Bertz CT molecular complexity index is 1480. The van der Waals surface area contributed by atoms with Crippen molar-refractivity contribution in [2.45, 2.75) is 17.6 Å². The van der Waals surface area contributed by atoms with Crippen LogP contribution in [0.4, 0.5) is 13.2 Å². The van der Waals surface area contributed by atoms with Gasteiger partial charge in [-0.3, -0.25) is 19.4 Å². The highest BCUT2D eigenvalue weighted by Crippen LogP contribution is 2.34. The van der Waals surface area contributed by atoms with E-state index >= 15 is 0 Å². The van der Waals surface area contributed by atoms with Gasteiger partial charge in [-0.2, -0.15) is 13.2 Å². The molecule has 0 saturated carbocycles. The summed E-state index contributed by atoms with van der Waals surface area (Å²) in [6.45, 7) is 3.07. The summed E-state index contributed by atoms with van der Waals surface area (Å²) in [5.74, 6) is -0.984. The molecule has 0 bridgehead atoms. The van der Waals surface area contributed by atoms with Gasteiger partial charge in [0.15, 0.2) is 0 Å². The van der Waals surface area contributed by atoms with Crippen molar-refractivity contribution >= 4 is 32.6 Å². The Morgan fingerprint density at radius 1 is 0.868 bits per heavy atom. The molecule has 0 aromatic heterocycles. The molecular formula is C26H24F3N3O5S. The molecule has 0 atom stereocenters. The SMILES string of the molecule is O=C1c2cccc3c(S(=O)(=O)NCc4ccc(C(F)(F)F)cc4)ccc(c23)C(=O)N1CCN1CCOCC1. The van der Waals surface area contributed by atoms with Gasteiger partial charge in [0.05, 0.1) is 23.7 Å². The number of hydrogen-bond acceptors (Lipinski definition) is 6. The highest BCUT2D eigenvalue weighted by atomic mass is 32.2. The molecule has 0 unspecified atom stereocenters. The molecule has 0 aliphatic carbocycles. The number of nitrogens with one attached hydrogen (secondary N) is 1. The molecule has 1 saturated heterocycles. The number of ether oxygens (including phenoxy) is 1. The zero-order valence-corrected chi connectivity index (χ0v) is 20.9. The number of nitrogens with zero attached hydrogens (tertiary/aromatic N) is 2. The van der Waals surface area contributed by atoms with Gasteiger partial charge in [-0.05, 0) is 35.9 Å². The Labute approximate surface area is 217 Å². The lowest BCUT2D eigenvalue weighted by molar-refractivity contribution is -0.137. The van der Waals surface area contributed by atoms with Gasteiger partial charge in [-0.1, -0.05) is 24.3 Å². The first kappa shape index (κ1) is 26.3. The topological polar surface area (TPSA) is 96.0 Å². The molecule has 3 aromatic rings. The Balaban J connectivity index is 1.40. The molecule has 8 nitrogen and oxygen atoms in total. The first-order valence-corrected chi connectivity index (χ1v) is 13.4. The predicted molar refractivity (Wildman–Crippen MR) is 132 cm³/mol. The largest absolute Gasteiger partial charge is 0.416 e. The number of halogens is 3. The molecule has 38 heavy (non-hydrogen) atoms. The molecule has 2 aliphatic rings. The Morgan fingerprint density at radius 3 is 2.18 bits per heavy atom. The molecule has 12 heteroatoms. The number of alkyl halides is 3. The van der Waals surface area contributed by atoms with Crippen molar-refractivity contribution in [1.82, 2.24) is 14.5 Å². The Morgan fingerprint density at radius 2 is 1.53 bits per heavy atom. The van der Waals surface area contributed by atoms with Crippen LogP contribution in [-0.2, 0) is 27.5 Å². The van der Waals surface area contributed by atoms with Crippen molar-refractivity contribution in [3.05, 3.63) is 76.9 Å². The lowest BCUT2D eigenvalue weighted by Crippen LogP contribution is -2.46. The summed E-state index contributed by atoms with van der Waals surface area (Å²) in [5, 5.41) is 0.483. The standard InChI is InChI=1S/C26H24F3N3O5S/c27-26(28,29)18-6-4-17(5-7-18)16-30-38(35,36)22-9-8-21-23-19(22)2-1-3-20(23)24(33)32(25(21)34)11-10-31-12-14-37-15-13-31/h1-9,30H,10-16H2. The second-order valence-corrected chi connectivity index (χ2v) is 10.8. The van der Waals surface area contributed by atoms with E-state index in [-0.39, 0.29) is 39.9 Å². The minimum Gasteiger partial charge on any atom is -0.379 e. The smallest absolute Gasteiger partial charge is 0.379 e. The molecule has 1 N–H and O–H groups in total. The average molecular weight is 548 g/mol. The molecule has 0 radical (unpaired) electrons. The van der Waals surface area contributed by atoms with E-state index in [0.717, 1.165) is 12.1 Å². The van der Waals surface area contributed by atoms with Gasteiger partial charge < -0.3 is 4.74 Å². The summed E-state index contributed by atoms with van der Waals surface area (Å²) in [7, 11) is -4.14. The van der Waals surface area contributed by atoms with Crippen molar-refractivity contribution in [1.29, 1.82) is 0 Å². The second kappa shape index (κ2) is 10.1. The van der Waals surface area contributed by atoms with E-state index in [9.17, 15) is 31.2 Å². The van der Waals surface area contributed by atoms with Crippen molar-refractivity contribution in [3.8, 4) is 0 Å². The van der Waals surface area contributed by atoms with Crippen LogP contribution in [-0.4, -0.2) is 69.4 Å². The number of carbonyl (C=O) groups is 2. The number of sulfonamides is 1. The van der Waals surface area contributed by atoms with Crippen LogP contribution in [0.2, 0.25) is 0 Å². The molecule has 1 fully saturated rings. The lowest BCUT2D eigenvalue weighted by Gasteiger charge is -2.31. The molecule has 0 spiro atoms. The minimum atomic E-state index is -4.49. The number of amides is 2. The first-order chi connectivity index (χ1) is 18.1. The lowest BCUT2D eigenvalue weighted by atomic mass is 9.94. The van der Waals surface area contributed by atoms with Crippen LogP contribution in [0.3, 0.4) is 0 Å². The van der Waals surface area contributed by atoms with Crippen LogP contribution in [0.25, 0.3) is 10.8 Å². The zero-order valence-electron chi connectivity index (χ0n) is 20.1. The predicted octanol–water partition coefficient (Wildman–Crippen LogP) is 3.27. The normalized spacial score (nSPS) is 16.9. The van der Waals surface area contributed by atoms with E-state index < -0.39 is 33.6 Å². The van der Waals surface area contributed by atoms with E-state index in [1.54, 1.807) is 12.1 Å². The molecule has 2 heterocycles. The number of imide groups is 1. The van der Waals surface area contributed by atoms with Gasteiger partial charge >= 0.3 is 6.18 Å². The fourth-order valence-corrected chi connectivity index (χ4v) is 5.91. The average Bonchev–Trinajstić information content (AvgIpc) is 2.90. The fraction of sp³-hybridized carbons (Fsp3) is 0.308. The maximum atomic E-state index is 13.3. The van der Waals surface area contributed by atoms with Crippen LogP contribution >= 0.6 is 0 Å². The van der Waals surface area contributed by atoms with Crippen LogP contribution < -0.4 is 4.72 Å². The van der Waals surface area contributed by atoms with Gasteiger partial charge in [0, 0.05) is 54.6 Å². The van der Waals surface area contributed by atoms with Crippen LogP contribution in [0, 0.1) is 0 Å². The van der Waals surface area contributed by atoms with E-state index in [0.29, 0.717) is 38.4 Å². The highest BCUT2D eigenvalue weighted by Gasteiger charge is 2.35. The fourth-order valence-electron chi connectivity index (χ4n) is 4.69. The Hall–Kier alpha value is -3.32. The molecule has 3 aromatic carbocycles. The summed E-state index contributed by atoms with van der Waals surface area (Å²) in [4.78, 5) is 29.7. The van der Waals surface area contributed by atoms with Gasteiger partial charge in [-0.15, -0.1) is 0 Å². The van der Waals surface area contributed by atoms with E-state index in [1.165, 1.54) is 35.2 Å². The molecule has 5 rings (SSSR count). The monoisotopic (exact) mass is 547 g/mol. The number of carbonyl (C=O) groups excluding carboxylic acids is 2. The summed E-state index contributed by atoms with van der Waals surface area (Å²) in [5.41, 5.74) is -0.0238. The van der Waals surface area contributed by atoms with Gasteiger partial charge in [-0.25, -0.2) is 13.1 Å². The van der Waals surface area contributed by atoms with Crippen molar-refractivity contribution < 1.29 is 35.9 Å².